The van der Waals surface area contributed by atoms with Gasteiger partial charge in [0.2, 0.25) is 0 Å². The molecule has 0 aliphatic carbocycles. The average Bonchev–Trinajstić information content (AvgIpc) is 3.01. The molecule has 5 heteroatoms. The monoisotopic (exact) mass is 263 g/mol. The number of aromatic nitrogens is 2. The highest BCUT2D eigenvalue weighted by Crippen LogP contribution is 2.18. The van der Waals surface area contributed by atoms with Crippen LogP contribution in [0.25, 0.3) is 0 Å². The van der Waals surface area contributed by atoms with Gasteiger partial charge in [0.05, 0.1) is 6.10 Å². The van der Waals surface area contributed by atoms with Gasteiger partial charge in [-0.3, -0.25) is 4.79 Å². The number of nitrogens with zero attached hydrogens (tertiary/aromatic N) is 1. The first kappa shape index (κ1) is 12.7. The molecular formula is C14H21N3O2. The summed E-state index contributed by atoms with van der Waals surface area (Å²) >= 11 is 0. The number of H-pyrrole nitrogens is 1. The summed E-state index contributed by atoms with van der Waals surface area (Å²) in [5.41, 5.74) is 1.60. The lowest BCUT2D eigenvalue weighted by molar-refractivity contribution is 0.0951. The summed E-state index contributed by atoms with van der Waals surface area (Å²) in [6.45, 7) is 1.66. The summed E-state index contributed by atoms with van der Waals surface area (Å²) in [6.07, 6.45) is 7.78. The zero-order valence-corrected chi connectivity index (χ0v) is 11.2. The fourth-order valence-electron chi connectivity index (χ4n) is 2.87. The van der Waals surface area contributed by atoms with E-state index in [4.69, 9.17) is 4.74 Å². The Kier molecular flexibility index (Phi) is 3.82. The van der Waals surface area contributed by atoms with Crippen molar-refractivity contribution in [2.45, 2.75) is 51.0 Å². The summed E-state index contributed by atoms with van der Waals surface area (Å²) in [5, 5.41) is 2.87. The van der Waals surface area contributed by atoms with Gasteiger partial charge in [-0.05, 0) is 38.5 Å². The molecule has 19 heavy (non-hydrogen) atoms. The first-order chi connectivity index (χ1) is 9.33. The molecule has 3 rings (SSSR count). The number of nitrogens with one attached hydrogen (secondary N) is 2. The number of hydrogen-bond donors (Lipinski definition) is 2. The number of carbonyl (C=O) groups is 1. The van der Waals surface area contributed by atoms with Crippen LogP contribution in [0.2, 0.25) is 0 Å². The zero-order chi connectivity index (χ0) is 13.1. The van der Waals surface area contributed by atoms with Crippen LogP contribution in [0.1, 0.15) is 54.1 Å². The van der Waals surface area contributed by atoms with Crippen LogP contribution in [0.3, 0.4) is 0 Å². The molecular weight excluding hydrogens is 242 g/mol. The lowest BCUT2D eigenvalue weighted by Crippen LogP contribution is -2.23. The van der Waals surface area contributed by atoms with Crippen molar-refractivity contribution in [2.75, 3.05) is 13.2 Å². The van der Waals surface area contributed by atoms with E-state index < -0.39 is 0 Å². The van der Waals surface area contributed by atoms with Crippen molar-refractivity contribution in [2.24, 2.45) is 0 Å². The largest absolute Gasteiger partial charge is 0.378 e. The zero-order valence-electron chi connectivity index (χ0n) is 11.2. The van der Waals surface area contributed by atoms with Gasteiger partial charge in [0.25, 0.3) is 5.91 Å². The van der Waals surface area contributed by atoms with Crippen molar-refractivity contribution < 1.29 is 9.53 Å². The molecule has 2 N–H and O–H groups in total. The van der Waals surface area contributed by atoms with Crippen LogP contribution in [0.15, 0.2) is 0 Å². The molecule has 1 fully saturated rings. The highest BCUT2D eigenvalue weighted by atomic mass is 16.5. The summed E-state index contributed by atoms with van der Waals surface area (Å²) in [6, 6.07) is 0. The number of imidazole rings is 1. The molecule has 1 atom stereocenters. The van der Waals surface area contributed by atoms with E-state index in [9.17, 15) is 4.79 Å². The van der Waals surface area contributed by atoms with E-state index in [1.54, 1.807) is 0 Å². The van der Waals surface area contributed by atoms with Crippen molar-refractivity contribution in [3.8, 4) is 0 Å². The van der Waals surface area contributed by atoms with Crippen molar-refractivity contribution in [1.29, 1.82) is 0 Å². The van der Waals surface area contributed by atoms with E-state index in [1.807, 2.05) is 0 Å². The van der Waals surface area contributed by atoms with E-state index >= 15 is 0 Å². The molecule has 1 saturated heterocycles. The Balaban J connectivity index is 1.56. The summed E-state index contributed by atoms with van der Waals surface area (Å²) in [7, 11) is 0. The van der Waals surface area contributed by atoms with Crippen molar-refractivity contribution in [3.05, 3.63) is 17.2 Å². The molecule has 1 aromatic rings. The second-order valence-corrected chi connectivity index (χ2v) is 5.40. The molecule has 3 heterocycles. The molecule has 0 saturated carbocycles. The van der Waals surface area contributed by atoms with Crippen molar-refractivity contribution in [3.63, 3.8) is 0 Å². The van der Waals surface area contributed by atoms with Gasteiger partial charge < -0.3 is 15.0 Å². The van der Waals surface area contributed by atoms with Crippen LogP contribution in [-0.2, 0) is 17.6 Å². The average molecular weight is 263 g/mol. The van der Waals surface area contributed by atoms with Gasteiger partial charge in [0, 0.05) is 25.3 Å². The second kappa shape index (κ2) is 5.74. The lowest BCUT2D eigenvalue weighted by Gasteiger charge is -2.07. The third-order valence-corrected chi connectivity index (χ3v) is 3.90. The third-order valence-electron chi connectivity index (χ3n) is 3.90. The molecule has 1 amide bonds. The van der Waals surface area contributed by atoms with Crippen LogP contribution >= 0.6 is 0 Å². The number of amides is 1. The Morgan fingerprint density at radius 2 is 2.32 bits per heavy atom. The van der Waals surface area contributed by atoms with Gasteiger partial charge in [-0.1, -0.05) is 0 Å². The minimum absolute atomic E-state index is 0.0332. The quantitative estimate of drug-likeness (QED) is 0.867. The molecule has 5 nitrogen and oxygen atoms in total. The molecule has 0 bridgehead atoms. The second-order valence-electron chi connectivity index (χ2n) is 5.40. The molecule has 0 radical (unpaired) electrons. The van der Waals surface area contributed by atoms with E-state index in [-0.39, 0.29) is 5.91 Å². The van der Waals surface area contributed by atoms with E-state index in [0.29, 0.717) is 11.8 Å². The number of aromatic amines is 1. The van der Waals surface area contributed by atoms with Crippen LogP contribution in [0, 0.1) is 0 Å². The topological polar surface area (TPSA) is 67.0 Å². The SMILES string of the molecule is O=C1NCCCc2[nH]c(CCC[C@@H]3CCCO3)nc21. The molecule has 104 valence electrons. The van der Waals surface area contributed by atoms with Gasteiger partial charge in [-0.2, -0.15) is 0 Å². The van der Waals surface area contributed by atoms with Crippen LogP contribution in [0.4, 0.5) is 0 Å². The highest BCUT2D eigenvalue weighted by Gasteiger charge is 2.20. The molecule has 1 aromatic heterocycles. The predicted octanol–water partition coefficient (Wildman–Crippen LogP) is 1.59. The van der Waals surface area contributed by atoms with Crippen molar-refractivity contribution in [1.82, 2.24) is 15.3 Å². The maximum atomic E-state index is 11.8. The maximum Gasteiger partial charge on any atom is 0.271 e. The molecule has 0 aromatic carbocycles. The first-order valence-electron chi connectivity index (χ1n) is 7.30. The molecule has 2 aliphatic rings. The minimum atomic E-state index is -0.0332. The first-order valence-corrected chi connectivity index (χ1v) is 7.30. The normalized spacial score (nSPS) is 22.9. The molecule has 0 spiro atoms. The summed E-state index contributed by atoms with van der Waals surface area (Å²) in [5.74, 6) is 0.911. The number of carbonyl (C=O) groups excluding carboxylic acids is 1. The Labute approximate surface area is 113 Å². The highest BCUT2D eigenvalue weighted by molar-refractivity contribution is 5.93. The Bertz CT molecular complexity index is 450. The number of aryl methyl sites for hydroxylation is 2. The van der Waals surface area contributed by atoms with E-state index in [0.717, 1.165) is 56.8 Å². The Morgan fingerprint density at radius 3 is 3.16 bits per heavy atom. The summed E-state index contributed by atoms with van der Waals surface area (Å²) < 4.78 is 5.61. The fourth-order valence-corrected chi connectivity index (χ4v) is 2.87. The van der Waals surface area contributed by atoms with Crippen LogP contribution < -0.4 is 5.32 Å². The van der Waals surface area contributed by atoms with Gasteiger partial charge in [-0.15, -0.1) is 0 Å². The summed E-state index contributed by atoms with van der Waals surface area (Å²) in [4.78, 5) is 19.6. The number of fused-ring (bicyclic) bond motifs is 1. The van der Waals surface area contributed by atoms with Gasteiger partial charge in [0.15, 0.2) is 0 Å². The predicted molar refractivity (Wildman–Crippen MR) is 71.2 cm³/mol. The Morgan fingerprint density at radius 1 is 1.37 bits per heavy atom. The lowest BCUT2D eigenvalue weighted by atomic mass is 10.1. The van der Waals surface area contributed by atoms with Gasteiger partial charge >= 0.3 is 0 Å². The van der Waals surface area contributed by atoms with Crippen LogP contribution in [0.5, 0.6) is 0 Å². The number of hydrogen-bond acceptors (Lipinski definition) is 3. The Hall–Kier alpha value is -1.36. The number of ether oxygens (including phenoxy) is 1. The minimum Gasteiger partial charge on any atom is -0.378 e. The van der Waals surface area contributed by atoms with E-state index in [1.165, 1.54) is 12.8 Å². The van der Waals surface area contributed by atoms with Crippen molar-refractivity contribution >= 4 is 5.91 Å². The third kappa shape index (κ3) is 2.97. The smallest absolute Gasteiger partial charge is 0.271 e. The molecule has 2 aliphatic heterocycles. The fraction of sp³-hybridized carbons (Fsp3) is 0.714. The van der Waals surface area contributed by atoms with Gasteiger partial charge in [-0.25, -0.2) is 4.98 Å². The number of rotatable bonds is 4. The standard InChI is InChI=1S/C14H21N3O2/c18-14-13-11(6-2-8-15-14)16-12(17-13)7-1-4-10-5-3-9-19-10/h10H,1-9H2,(H,15,18)(H,16,17)/t10-/m1/s1. The van der Waals surface area contributed by atoms with Gasteiger partial charge in [0.1, 0.15) is 11.5 Å². The van der Waals surface area contributed by atoms with Crippen LogP contribution in [-0.4, -0.2) is 35.1 Å². The molecule has 0 unspecified atom stereocenters. The maximum absolute atomic E-state index is 11.8. The van der Waals surface area contributed by atoms with E-state index in [2.05, 4.69) is 15.3 Å².